The molecule has 3 aliphatic rings. The summed E-state index contributed by atoms with van der Waals surface area (Å²) in [7, 11) is 0. The van der Waals surface area contributed by atoms with E-state index in [1.807, 2.05) is 45.9 Å². The molecule has 2 bridgehead atoms. The first kappa shape index (κ1) is 28.0. The normalized spacial score (nSPS) is 31.3. The Morgan fingerprint density at radius 2 is 1.95 bits per heavy atom. The van der Waals surface area contributed by atoms with E-state index in [2.05, 4.69) is 13.2 Å². The average Bonchev–Trinajstić information content (AvgIpc) is 3.38. The molecule has 3 heterocycles. The first-order chi connectivity index (χ1) is 18.1. The van der Waals surface area contributed by atoms with Crippen LogP contribution in [-0.2, 0) is 23.9 Å². The number of ether oxygens (including phenoxy) is 2. The molecule has 1 aromatic rings. The Morgan fingerprint density at radius 1 is 1.26 bits per heavy atom. The van der Waals surface area contributed by atoms with Crippen LogP contribution in [0.5, 0.6) is 0 Å². The summed E-state index contributed by atoms with van der Waals surface area (Å²) in [6, 6.07) is 4.83. The number of rotatable bonds is 11. The number of allylic oxidation sites excluding steroid dienone is 1. The van der Waals surface area contributed by atoms with Crippen LogP contribution >= 0.6 is 0 Å². The monoisotopic (exact) mass is 524 g/mol. The maximum atomic E-state index is 14.5. The van der Waals surface area contributed by atoms with Gasteiger partial charge in [-0.05, 0) is 57.1 Å². The van der Waals surface area contributed by atoms with Crippen LogP contribution in [0.15, 0.2) is 43.5 Å². The predicted molar refractivity (Wildman–Crippen MR) is 144 cm³/mol. The number of aryl methyl sites for hydroxylation is 2. The number of β-amino-alcohol motifs (C(OH)–C–C–N with tert-alkyl or cyclic N) is 1. The molecular weight excluding hydrogens is 484 g/mol. The number of hydrogen-bond acceptors (Lipinski definition) is 6. The molecule has 3 saturated heterocycles. The van der Waals surface area contributed by atoms with Crippen molar-refractivity contribution < 1.29 is 29.0 Å². The number of likely N-dealkylation sites (tertiary alicyclic amines) is 1. The average molecular weight is 525 g/mol. The lowest BCUT2D eigenvalue weighted by molar-refractivity contribution is -0.161. The van der Waals surface area contributed by atoms with Crippen LogP contribution in [0.2, 0.25) is 0 Å². The molecule has 4 rings (SSSR count). The van der Waals surface area contributed by atoms with Gasteiger partial charge in [-0.2, -0.15) is 0 Å². The highest BCUT2D eigenvalue weighted by molar-refractivity contribution is 6.05. The van der Waals surface area contributed by atoms with Crippen molar-refractivity contribution in [3.63, 3.8) is 0 Å². The number of amides is 2. The second kappa shape index (κ2) is 10.7. The first-order valence-corrected chi connectivity index (χ1v) is 13.5. The van der Waals surface area contributed by atoms with Crippen LogP contribution in [0.3, 0.4) is 0 Å². The third-order valence-electron chi connectivity index (χ3n) is 8.73. The third-order valence-corrected chi connectivity index (χ3v) is 8.73. The van der Waals surface area contributed by atoms with Crippen LogP contribution in [0.1, 0.15) is 44.2 Å². The van der Waals surface area contributed by atoms with Crippen LogP contribution < -0.4 is 4.90 Å². The highest BCUT2D eigenvalue weighted by atomic mass is 16.6. The first-order valence-electron chi connectivity index (χ1n) is 13.5. The van der Waals surface area contributed by atoms with Crippen molar-refractivity contribution in [3.8, 4) is 0 Å². The number of aliphatic hydroxyl groups excluding tert-OH is 1. The minimum Gasteiger partial charge on any atom is -0.465 e. The summed E-state index contributed by atoms with van der Waals surface area (Å²) < 4.78 is 12.3. The summed E-state index contributed by atoms with van der Waals surface area (Å²) in [5.41, 5.74) is 0.467. The van der Waals surface area contributed by atoms with Gasteiger partial charge in [0.15, 0.2) is 0 Å². The van der Waals surface area contributed by atoms with Crippen molar-refractivity contribution in [2.75, 3.05) is 31.2 Å². The van der Waals surface area contributed by atoms with Crippen LogP contribution in [0.25, 0.3) is 0 Å². The molecule has 2 amide bonds. The van der Waals surface area contributed by atoms with Crippen molar-refractivity contribution in [2.45, 2.75) is 64.2 Å². The highest BCUT2D eigenvalue weighted by Crippen LogP contribution is 2.65. The molecule has 1 aromatic carbocycles. The van der Waals surface area contributed by atoms with Gasteiger partial charge < -0.3 is 24.4 Å². The van der Waals surface area contributed by atoms with Gasteiger partial charge >= 0.3 is 5.97 Å². The second-order valence-electron chi connectivity index (χ2n) is 11.0. The van der Waals surface area contributed by atoms with Gasteiger partial charge in [-0.15, -0.1) is 13.2 Å². The van der Waals surface area contributed by atoms with Crippen molar-refractivity contribution in [1.29, 1.82) is 0 Å². The zero-order valence-corrected chi connectivity index (χ0v) is 22.9. The lowest BCUT2D eigenvalue weighted by Crippen LogP contribution is -2.57. The van der Waals surface area contributed by atoms with Gasteiger partial charge in [-0.1, -0.05) is 37.3 Å². The van der Waals surface area contributed by atoms with Gasteiger partial charge in [0.2, 0.25) is 5.91 Å². The van der Waals surface area contributed by atoms with E-state index in [1.54, 1.807) is 17.1 Å². The van der Waals surface area contributed by atoms with Crippen LogP contribution in [0.4, 0.5) is 5.69 Å². The number of benzene rings is 1. The van der Waals surface area contributed by atoms with Crippen LogP contribution in [0, 0.1) is 31.6 Å². The van der Waals surface area contributed by atoms with E-state index < -0.39 is 35.0 Å². The van der Waals surface area contributed by atoms with Crippen molar-refractivity contribution in [1.82, 2.24) is 4.90 Å². The van der Waals surface area contributed by atoms with E-state index in [9.17, 15) is 19.5 Å². The van der Waals surface area contributed by atoms with Gasteiger partial charge in [0, 0.05) is 18.8 Å². The summed E-state index contributed by atoms with van der Waals surface area (Å²) in [5.74, 6) is -2.91. The summed E-state index contributed by atoms with van der Waals surface area (Å²) in [4.78, 5) is 45.1. The summed E-state index contributed by atoms with van der Waals surface area (Å²) >= 11 is 0. The number of nitrogens with zero attached hydrogens (tertiary/aromatic N) is 2. The van der Waals surface area contributed by atoms with E-state index in [0.29, 0.717) is 19.3 Å². The molecule has 0 aliphatic carbocycles. The van der Waals surface area contributed by atoms with E-state index in [4.69, 9.17) is 9.47 Å². The van der Waals surface area contributed by atoms with Gasteiger partial charge in [0.25, 0.3) is 5.91 Å². The summed E-state index contributed by atoms with van der Waals surface area (Å²) in [6.45, 7) is 15.4. The fourth-order valence-electron chi connectivity index (χ4n) is 7.01. The SMILES string of the molecule is C=CCCCOC(=O)[C@H]1[C@H]2C(=O)N(CCO)C(C(=O)N(CC=C)c3c(C)cccc3C)C23CC(C)[C@]1(C)O3. The fourth-order valence-corrected chi connectivity index (χ4v) is 7.01. The number of carbonyl (C=O) groups is 3. The van der Waals surface area contributed by atoms with Crippen molar-refractivity contribution >= 4 is 23.5 Å². The van der Waals surface area contributed by atoms with E-state index in [-0.39, 0.29) is 44.0 Å². The fraction of sp³-hybridized carbons (Fsp3) is 0.567. The van der Waals surface area contributed by atoms with Gasteiger partial charge in [0.05, 0.1) is 24.7 Å². The standard InChI is InChI=1S/C30H40N2O6/c1-7-9-10-17-37-28(36)23-22-26(34)32(15-16-33)25(30(22)18-21(5)29(23,6)38-30)27(35)31(14-8-2)24-19(3)12-11-13-20(24)4/h7-8,11-13,21-23,25,33H,1-2,9-10,14-18H2,3-6H3/t21?,22-,23+,25?,29-,30?/m0/s1. The zero-order valence-electron chi connectivity index (χ0n) is 22.9. The number of anilines is 1. The summed E-state index contributed by atoms with van der Waals surface area (Å²) in [6.07, 6.45) is 5.23. The molecule has 206 valence electrons. The quantitative estimate of drug-likeness (QED) is 0.271. The molecule has 3 aliphatic heterocycles. The Labute approximate surface area is 225 Å². The van der Waals surface area contributed by atoms with Crippen molar-refractivity contribution in [2.24, 2.45) is 17.8 Å². The maximum Gasteiger partial charge on any atom is 0.312 e. The topological polar surface area (TPSA) is 96.4 Å². The molecule has 3 fully saturated rings. The number of para-hydroxylation sites is 1. The number of unbranched alkanes of at least 4 members (excludes halogenated alkanes) is 1. The van der Waals surface area contributed by atoms with Crippen molar-refractivity contribution in [3.05, 3.63) is 54.6 Å². The van der Waals surface area contributed by atoms with Gasteiger partial charge in [0.1, 0.15) is 17.6 Å². The smallest absolute Gasteiger partial charge is 0.312 e. The number of carbonyl (C=O) groups excluding carboxylic acids is 3. The van der Waals surface area contributed by atoms with Gasteiger partial charge in [-0.3, -0.25) is 14.4 Å². The minimum atomic E-state index is -1.20. The molecular formula is C30H40N2O6. The zero-order chi connectivity index (χ0) is 27.8. The number of aliphatic hydroxyl groups is 1. The second-order valence-corrected chi connectivity index (χ2v) is 11.0. The molecule has 8 heteroatoms. The lowest BCUT2D eigenvalue weighted by atomic mass is 9.62. The molecule has 6 atom stereocenters. The Balaban J connectivity index is 1.78. The third kappa shape index (κ3) is 4.18. The highest BCUT2D eigenvalue weighted by Gasteiger charge is 2.80. The Hall–Kier alpha value is -2.97. The van der Waals surface area contributed by atoms with Crippen LogP contribution in [-0.4, -0.2) is 71.3 Å². The van der Waals surface area contributed by atoms with E-state index in [0.717, 1.165) is 16.8 Å². The molecule has 38 heavy (non-hydrogen) atoms. The molecule has 8 nitrogen and oxygen atoms in total. The Morgan fingerprint density at radius 3 is 2.55 bits per heavy atom. The Kier molecular flexibility index (Phi) is 7.86. The molecule has 3 unspecified atom stereocenters. The number of fused-ring (bicyclic) bond motifs is 1. The molecule has 0 radical (unpaired) electrons. The van der Waals surface area contributed by atoms with E-state index >= 15 is 0 Å². The molecule has 0 saturated carbocycles. The molecule has 0 aromatic heterocycles. The Bertz CT molecular complexity index is 1110. The molecule has 1 spiro atoms. The number of esters is 1. The lowest BCUT2D eigenvalue weighted by Gasteiger charge is -2.37. The predicted octanol–water partition coefficient (Wildman–Crippen LogP) is 3.33. The summed E-state index contributed by atoms with van der Waals surface area (Å²) in [5, 5.41) is 9.89. The number of hydrogen-bond donors (Lipinski definition) is 1. The van der Waals surface area contributed by atoms with Gasteiger partial charge in [-0.25, -0.2) is 0 Å². The van der Waals surface area contributed by atoms with E-state index in [1.165, 1.54) is 4.90 Å². The largest absolute Gasteiger partial charge is 0.465 e. The molecule has 1 N–H and O–H groups in total. The minimum absolute atomic E-state index is 0.0300. The maximum absolute atomic E-state index is 14.5.